The van der Waals surface area contributed by atoms with E-state index < -0.39 is 31.0 Å². The molecule has 13 nitrogen and oxygen atoms in total. The molecule has 0 radical (unpaired) electrons. The number of aliphatic carboxylic acids is 3. The minimum absolute atomic E-state index is 0.0782. The van der Waals surface area contributed by atoms with Gasteiger partial charge in [-0.2, -0.15) is 0 Å². The molecule has 2 rings (SSSR count). The monoisotopic (exact) mass is 571 g/mol. The van der Waals surface area contributed by atoms with Crippen molar-refractivity contribution in [2.45, 2.75) is 13.1 Å². The third kappa shape index (κ3) is 15.1. The SMILES string of the molecule is O=C(O)CN(CCN(CC(=O)O)CC(=O)NCc1ccccc1)CCN(CC(=O)O)CC(=O)NCc1ccccc1. The Kier molecular flexibility index (Phi) is 14.5. The van der Waals surface area contributed by atoms with Crippen LogP contribution in [0.2, 0.25) is 0 Å². The molecule has 0 saturated heterocycles. The maximum absolute atomic E-state index is 12.4. The Morgan fingerprint density at radius 3 is 1.15 bits per heavy atom. The van der Waals surface area contributed by atoms with E-state index in [0.717, 1.165) is 11.1 Å². The summed E-state index contributed by atoms with van der Waals surface area (Å²) in [6.07, 6.45) is 0. The first-order valence-corrected chi connectivity index (χ1v) is 13.0. The van der Waals surface area contributed by atoms with Crippen LogP contribution in [0.15, 0.2) is 60.7 Å². The number of hydrogen-bond donors (Lipinski definition) is 5. The van der Waals surface area contributed by atoms with Crippen molar-refractivity contribution >= 4 is 29.7 Å². The highest BCUT2D eigenvalue weighted by Gasteiger charge is 2.19. The van der Waals surface area contributed by atoms with Crippen molar-refractivity contribution < 1.29 is 39.3 Å². The third-order valence-corrected chi connectivity index (χ3v) is 5.94. The quantitative estimate of drug-likeness (QED) is 0.142. The zero-order valence-electron chi connectivity index (χ0n) is 22.8. The number of carbonyl (C=O) groups is 5. The van der Waals surface area contributed by atoms with Crippen molar-refractivity contribution in [1.82, 2.24) is 25.3 Å². The van der Waals surface area contributed by atoms with Crippen LogP contribution in [-0.2, 0) is 37.1 Å². The molecule has 2 aromatic rings. The molecule has 0 aromatic heterocycles. The summed E-state index contributed by atoms with van der Waals surface area (Å²) in [7, 11) is 0. The Labute approximate surface area is 238 Å². The Bertz CT molecular complexity index is 1050. The van der Waals surface area contributed by atoms with Gasteiger partial charge >= 0.3 is 17.9 Å². The predicted octanol–water partition coefficient (Wildman–Crippen LogP) is -0.221. The summed E-state index contributed by atoms with van der Waals surface area (Å²) in [5.74, 6) is -4.16. The molecule has 0 fully saturated rings. The fraction of sp³-hybridized carbons (Fsp3) is 0.393. The van der Waals surface area contributed by atoms with E-state index in [4.69, 9.17) is 0 Å². The number of benzene rings is 2. The first kappa shape index (κ1) is 32.9. The molecule has 0 aliphatic carbocycles. The van der Waals surface area contributed by atoms with Gasteiger partial charge in [-0.3, -0.25) is 38.7 Å². The Hall–Kier alpha value is -4.33. The molecule has 0 unspecified atom stereocenters. The van der Waals surface area contributed by atoms with Gasteiger partial charge in [0, 0.05) is 39.3 Å². The number of nitrogens with zero attached hydrogens (tertiary/aromatic N) is 3. The van der Waals surface area contributed by atoms with E-state index in [2.05, 4.69) is 10.6 Å². The summed E-state index contributed by atoms with van der Waals surface area (Å²) in [5.41, 5.74) is 1.77. The van der Waals surface area contributed by atoms with Gasteiger partial charge in [-0.05, 0) is 11.1 Å². The third-order valence-electron chi connectivity index (χ3n) is 5.94. The van der Waals surface area contributed by atoms with Gasteiger partial charge in [0.25, 0.3) is 0 Å². The largest absolute Gasteiger partial charge is 0.480 e. The standard InChI is InChI=1S/C28H37N5O8/c34-24(29-15-22-7-3-1-4-8-22)17-32(20-27(38)39)13-11-31(19-26(36)37)12-14-33(21-28(40)41)18-25(35)30-16-23-9-5-2-6-10-23/h1-10H,11-21H2,(H,29,34)(H,30,35)(H,36,37)(H,38,39)(H,40,41). The highest BCUT2D eigenvalue weighted by atomic mass is 16.4. The number of carboxylic acid groups (broad SMARTS) is 3. The molecule has 2 amide bonds. The molecule has 0 spiro atoms. The molecule has 41 heavy (non-hydrogen) atoms. The molecule has 0 saturated carbocycles. The normalized spacial score (nSPS) is 11.0. The van der Waals surface area contributed by atoms with Crippen molar-refractivity contribution in [3.05, 3.63) is 71.8 Å². The average Bonchev–Trinajstić information content (AvgIpc) is 2.92. The van der Waals surface area contributed by atoms with E-state index in [0.29, 0.717) is 0 Å². The van der Waals surface area contributed by atoms with Gasteiger partial charge in [0.2, 0.25) is 11.8 Å². The fourth-order valence-electron chi connectivity index (χ4n) is 3.95. The van der Waals surface area contributed by atoms with Crippen molar-refractivity contribution in [3.63, 3.8) is 0 Å². The molecular formula is C28H37N5O8. The summed E-state index contributed by atoms with van der Waals surface area (Å²) >= 11 is 0. The first-order chi connectivity index (χ1) is 19.6. The summed E-state index contributed by atoms with van der Waals surface area (Å²) in [5, 5.41) is 33.4. The lowest BCUT2D eigenvalue weighted by Crippen LogP contribution is -2.47. The highest BCUT2D eigenvalue weighted by molar-refractivity contribution is 5.79. The molecule has 0 atom stereocenters. The Morgan fingerprint density at radius 1 is 0.488 bits per heavy atom. The van der Waals surface area contributed by atoms with Gasteiger partial charge < -0.3 is 26.0 Å². The van der Waals surface area contributed by atoms with Crippen LogP contribution in [0.3, 0.4) is 0 Å². The minimum Gasteiger partial charge on any atom is -0.480 e. The zero-order chi connectivity index (χ0) is 30.0. The van der Waals surface area contributed by atoms with Crippen molar-refractivity contribution in [3.8, 4) is 0 Å². The van der Waals surface area contributed by atoms with Gasteiger partial charge in [0.1, 0.15) is 0 Å². The van der Waals surface area contributed by atoms with Crippen molar-refractivity contribution in [2.75, 3.05) is 58.9 Å². The minimum atomic E-state index is -1.14. The van der Waals surface area contributed by atoms with Crippen LogP contribution in [0.4, 0.5) is 0 Å². The molecule has 0 bridgehead atoms. The topological polar surface area (TPSA) is 180 Å². The summed E-state index contributed by atoms with van der Waals surface area (Å²) in [6.45, 7) is -0.711. The summed E-state index contributed by atoms with van der Waals surface area (Å²) < 4.78 is 0. The lowest BCUT2D eigenvalue weighted by molar-refractivity contribution is -0.141. The maximum Gasteiger partial charge on any atom is 0.317 e. The van der Waals surface area contributed by atoms with E-state index in [-0.39, 0.29) is 70.7 Å². The van der Waals surface area contributed by atoms with Crippen LogP contribution in [0.1, 0.15) is 11.1 Å². The van der Waals surface area contributed by atoms with E-state index in [1.807, 2.05) is 60.7 Å². The van der Waals surface area contributed by atoms with Gasteiger partial charge in [-0.15, -0.1) is 0 Å². The van der Waals surface area contributed by atoms with Gasteiger partial charge in [0.15, 0.2) is 0 Å². The Morgan fingerprint density at radius 2 is 0.805 bits per heavy atom. The molecule has 2 aromatic carbocycles. The summed E-state index contributed by atoms with van der Waals surface area (Å²) in [4.78, 5) is 63.4. The van der Waals surface area contributed by atoms with Gasteiger partial charge in [-0.1, -0.05) is 60.7 Å². The summed E-state index contributed by atoms with van der Waals surface area (Å²) in [6, 6.07) is 18.4. The highest BCUT2D eigenvalue weighted by Crippen LogP contribution is 2.01. The van der Waals surface area contributed by atoms with Crippen LogP contribution in [-0.4, -0.2) is 119 Å². The number of hydrogen-bond acceptors (Lipinski definition) is 8. The number of nitrogens with one attached hydrogen (secondary N) is 2. The smallest absolute Gasteiger partial charge is 0.317 e. The molecule has 5 N–H and O–H groups in total. The van der Waals surface area contributed by atoms with Crippen LogP contribution in [0.5, 0.6) is 0 Å². The molecule has 0 heterocycles. The average molecular weight is 572 g/mol. The number of carbonyl (C=O) groups excluding carboxylic acids is 2. The van der Waals surface area contributed by atoms with E-state index in [1.165, 1.54) is 14.7 Å². The second-order valence-electron chi connectivity index (χ2n) is 9.40. The second-order valence-corrected chi connectivity index (χ2v) is 9.40. The maximum atomic E-state index is 12.4. The molecule has 0 aliphatic heterocycles. The van der Waals surface area contributed by atoms with Crippen LogP contribution in [0.25, 0.3) is 0 Å². The number of amides is 2. The Balaban J connectivity index is 1.92. The van der Waals surface area contributed by atoms with Gasteiger partial charge in [0.05, 0.1) is 32.7 Å². The van der Waals surface area contributed by atoms with Crippen LogP contribution < -0.4 is 10.6 Å². The van der Waals surface area contributed by atoms with E-state index >= 15 is 0 Å². The van der Waals surface area contributed by atoms with Crippen LogP contribution >= 0.6 is 0 Å². The van der Waals surface area contributed by atoms with Gasteiger partial charge in [-0.25, -0.2) is 0 Å². The van der Waals surface area contributed by atoms with Crippen molar-refractivity contribution in [2.24, 2.45) is 0 Å². The lowest BCUT2D eigenvalue weighted by Gasteiger charge is -2.28. The fourth-order valence-corrected chi connectivity index (χ4v) is 3.95. The van der Waals surface area contributed by atoms with E-state index in [9.17, 15) is 39.3 Å². The number of carboxylic acids is 3. The van der Waals surface area contributed by atoms with Crippen LogP contribution in [0, 0.1) is 0 Å². The van der Waals surface area contributed by atoms with Crippen molar-refractivity contribution in [1.29, 1.82) is 0 Å². The second kappa shape index (κ2) is 18.1. The predicted molar refractivity (Wildman–Crippen MR) is 149 cm³/mol. The number of rotatable bonds is 20. The lowest BCUT2D eigenvalue weighted by atomic mass is 10.2. The first-order valence-electron chi connectivity index (χ1n) is 13.0. The molecule has 13 heteroatoms. The zero-order valence-corrected chi connectivity index (χ0v) is 22.8. The van der Waals surface area contributed by atoms with E-state index in [1.54, 1.807) is 0 Å². The molecule has 0 aliphatic rings. The molecular weight excluding hydrogens is 534 g/mol. The molecule has 222 valence electrons.